The first kappa shape index (κ1) is 13.0. The van der Waals surface area contributed by atoms with Gasteiger partial charge in [0, 0.05) is 25.2 Å². The highest BCUT2D eigenvalue weighted by Crippen LogP contribution is 2.17. The van der Waals surface area contributed by atoms with Crippen LogP contribution in [0.2, 0.25) is 5.15 Å². The zero-order valence-corrected chi connectivity index (χ0v) is 10.6. The Hall–Kier alpha value is -1.07. The number of carbonyl (C=O) groups is 1. The summed E-state index contributed by atoms with van der Waals surface area (Å²) in [7, 11) is 0. The lowest BCUT2D eigenvalue weighted by molar-refractivity contribution is -0.118. The smallest absolute Gasteiger partial charge is 0.217 e. The topological polar surface area (TPSA) is 54.9 Å². The minimum absolute atomic E-state index is 0.0651. The van der Waals surface area contributed by atoms with Crippen LogP contribution in [0.4, 0.5) is 0 Å². The second-order valence-electron chi connectivity index (χ2n) is 2.94. The third-order valence-corrected chi connectivity index (χ3v) is 2.56. The largest absolute Gasteiger partial charge is 0.353 e. The van der Waals surface area contributed by atoms with Gasteiger partial charge in [0.25, 0.3) is 0 Å². The summed E-state index contributed by atoms with van der Waals surface area (Å²) < 4.78 is 0. The van der Waals surface area contributed by atoms with Gasteiger partial charge in [0.2, 0.25) is 5.91 Å². The molecule has 1 heterocycles. The fraction of sp³-hybridized carbons (Fsp3) is 0.300. The van der Waals surface area contributed by atoms with E-state index in [4.69, 9.17) is 11.6 Å². The molecular weight excluding hydrogens is 246 g/mol. The lowest BCUT2D eigenvalue weighted by atomic mass is 10.3. The van der Waals surface area contributed by atoms with Crippen LogP contribution in [0, 0.1) is 0 Å². The highest BCUT2D eigenvalue weighted by atomic mass is 35.5. The van der Waals surface area contributed by atoms with Crippen molar-refractivity contribution in [1.82, 2.24) is 15.3 Å². The number of nitrogens with one attached hydrogen (secondary N) is 1. The standard InChI is InChI=1S/C10H12ClN3OS/c1-7(15)12-5-3-4-8-6-13-10(16-2)14-9(8)11/h3-4,6H,5H2,1-2H3,(H,12,15). The molecule has 0 spiro atoms. The Morgan fingerprint density at radius 2 is 2.44 bits per heavy atom. The molecule has 0 unspecified atom stereocenters. The predicted molar refractivity (Wildman–Crippen MR) is 66.5 cm³/mol. The van der Waals surface area contributed by atoms with Gasteiger partial charge in [0.05, 0.1) is 0 Å². The number of carbonyl (C=O) groups excluding carboxylic acids is 1. The van der Waals surface area contributed by atoms with E-state index in [0.717, 1.165) is 5.56 Å². The SMILES string of the molecule is CSc1ncc(C=CCNC(C)=O)c(Cl)n1. The van der Waals surface area contributed by atoms with Crippen LogP contribution in [0.1, 0.15) is 12.5 Å². The van der Waals surface area contributed by atoms with Gasteiger partial charge in [-0.15, -0.1) is 0 Å². The van der Waals surface area contributed by atoms with Crippen molar-refractivity contribution in [3.05, 3.63) is 23.0 Å². The van der Waals surface area contributed by atoms with Crippen molar-refractivity contribution in [1.29, 1.82) is 0 Å². The maximum atomic E-state index is 10.6. The van der Waals surface area contributed by atoms with E-state index in [1.54, 1.807) is 18.3 Å². The van der Waals surface area contributed by atoms with Gasteiger partial charge >= 0.3 is 0 Å². The van der Waals surface area contributed by atoms with E-state index >= 15 is 0 Å². The monoisotopic (exact) mass is 257 g/mol. The van der Waals surface area contributed by atoms with Gasteiger partial charge in [-0.25, -0.2) is 9.97 Å². The van der Waals surface area contributed by atoms with Crippen LogP contribution in [0.5, 0.6) is 0 Å². The number of nitrogens with zero attached hydrogens (tertiary/aromatic N) is 2. The molecule has 1 amide bonds. The van der Waals surface area contributed by atoms with Crippen molar-refractivity contribution in [3.63, 3.8) is 0 Å². The third kappa shape index (κ3) is 4.20. The first-order valence-electron chi connectivity index (χ1n) is 4.61. The molecule has 16 heavy (non-hydrogen) atoms. The zero-order chi connectivity index (χ0) is 12.0. The number of rotatable bonds is 4. The minimum Gasteiger partial charge on any atom is -0.353 e. The molecule has 86 valence electrons. The Morgan fingerprint density at radius 3 is 3.00 bits per heavy atom. The third-order valence-electron chi connectivity index (χ3n) is 1.69. The van der Waals surface area contributed by atoms with Gasteiger partial charge in [0.1, 0.15) is 5.15 Å². The molecule has 0 fully saturated rings. The Labute approximate surface area is 104 Å². The van der Waals surface area contributed by atoms with Crippen LogP contribution in [0.3, 0.4) is 0 Å². The van der Waals surface area contributed by atoms with Crippen molar-refractivity contribution in [2.75, 3.05) is 12.8 Å². The molecule has 1 rings (SSSR count). The highest BCUT2D eigenvalue weighted by Gasteiger charge is 2.00. The summed E-state index contributed by atoms with van der Waals surface area (Å²) in [6.07, 6.45) is 7.12. The first-order chi connectivity index (χ1) is 7.63. The molecule has 0 aliphatic heterocycles. The fourth-order valence-electron chi connectivity index (χ4n) is 0.954. The van der Waals surface area contributed by atoms with Gasteiger partial charge in [-0.05, 0) is 6.26 Å². The van der Waals surface area contributed by atoms with E-state index in [-0.39, 0.29) is 5.91 Å². The maximum absolute atomic E-state index is 10.6. The number of hydrogen-bond donors (Lipinski definition) is 1. The van der Waals surface area contributed by atoms with Crippen LogP contribution < -0.4 is 5.32 Å². The van der Waals surface area contributed by atoms with Crippen molar-refractivity contribution < 1.29 is 4.79 Å². The van der Waals surface area contributed by atoms with Crippen LogP contribution in [0.25, 0.3) is 6.08 Å². The van der Waals surface area contributed by atoms with Gasteiger partial charge in [-0.3, -0.25) is 4.79 Å². The zero-order valence-electron chi connectivity index (χ0n) is 9.03. The van der Waals surface area contributed by atoms with Gasteiger partial charge < -0.3 is 5.32 Å². The molecule has 0 aromatic carbocycles. The molecule has 6 heteroatoms. The summed E-state index contributed by atoms with van der Waals surface area (Å²) in [6.45, 7) is 1.94. The number of amides is 1. The van der Waals surface area contributed by atoms with Crippen LogP contribution >= 0.6 is 23.4 Å². The highest BCUT2D eigenvalue weighted by molar-refractivity contribution is 7.98. The minimum atomic E-state index is -0.0651. The second-order valence-corrected chi connectivity index (χ2v) is 4.07. The summed E-state index contributed by atoms with van der Waals surface area (Å²) >= 11 is 7.38. The molecule has 1 aromatic rings. The summed E-state index contributed by atoms with van der Waals surface area (Å²) in [6, 6.07) is 0. The summed E-state index contributed by atoms with van der Waals surface area (Å²) in [5, 5.41) is 3.70. The molecule has 0 aliphatic carbocycles. The number of hydrogen-bond acceptors (Lipinski definition) is 4. The van der Waals surface area contributed by atoms with Crippen LogP contribution in [-0.2, 0) is 4.79 Å². The molecule has 1 N–H and O–H groups in total. The number of halogens is 1. The van der Waals surface area contributed by atoms with Crippen LogP contribution in [0.15, 0.2) is 17.4 Å². The Morgan fingerprint density at radius 1 is 1.69 bits per heavy atom. The molecule has 0 bridgehead atoms. The van der Waals surface area contributed by atoms with Crippen molar-refractivity contribution in [2.24, 2.45) is 0 Å². The molecule has 0 saturated heterocycles. The van der Waals surface area contributed by atoms with E-state index in [1.807, 2.05) is 6.26 Å². The van der Waals surface area contributed by atoms with E-state index < -0.39 is 0 Å². The Kier molecular flexibility index (Phi) is 5.28. The molecule has 0 radical (unpaired) electrons. The summed E-state index contributed by atoms with van der Waals surface area (Å²) in [5.74, 6) is -0.0651. The van der Waals surface area contributed by atoms with E-state index in [9.17, 15) is 4.79 Å². The lowest BCUT2D eigenvalue weighted by Crippen LogP contribution is -2.19. The van der Waals surface area contributed by atoms with Gasteiger partial charge in [-0.1, -0.05) is 35.5 Å². The Balaban J connectivity index is 2.63. The summed E-state index contributed by atoms with van der Waals surface area (Å²) in [5.41, 5.74) is 0.741. The number of aromatic nitrogens is 2. The van der Waals surface area contributed by atoms with Crippen LogP contribution in [-0.4, -0.2) is 28.7 Å². The average Bonchev–Trinajstić information content (AvgIpc) is 2.25. The summed E-state index contributed by atoms with van der Waals surface area (Å²) in [4.78, 5) is 18.8. The molecular formula is C10H12ClN3OS. The molecule has 1 aromatic heterocycles. The van der Waals surface area contributed by atoms with E-state index in [1.165, 1.54) is 18.7 Å². The average molecular weight is 258 g/mol. The van der Waals surface area contributed by atoms with Crippen molar-refractivity contribution in [2.45, 2.75) is 12.1 Å². The predicted octanol–water partition coefficient (Wildman–Crippen LogP) is 2.00. The lowest BCUT2D eigenvalue weighted by Gasteiger charge is -1.99. The van der Waals surface area contributed by atoms with Gasteiger partial charge in [0.15, 0.2) is 5.16 Å². The fourth-order valence-corrected chi connectivity index (χ4v) is 1.54. The van der Waals surface area contributed by atoms with Crippen molar-refractivity contribution >= 4 is 35.3 Å². The normalized spacial score (nSPS) is 10.7. The van der Waals surface area contributed by atoms with Crippen molar-refractivity contribution in [3.8, 4) is 0 Å². The van der Waals surface area contributed by atoms with E-state index in [0.29, 0.717) is 16.9 Å². The van der Waals surface area contributed by atoms with Gasteiger partial charge in [-0.2, -0.15) is 0 Å². The molecule has 0 aliphatic rings. The number of thioether (sulfide) groups is 1. The van der Waals surface area contributed by atoms with E-state index in [2.05, 4.69) is 15.3 Å². The quantitative estimate of drug-likeness (QED) is 0.509. The molecule has 0 saturated carbocycles. The second kappa shape index (κ2) is 6.50. The molecule has 4 nitrogen and oxygen atoms in total. The molecule has 0 atom stereocenters. The maximum Gasteiger partial charge on any atom is 0.217 e. The first-order valence-corrected chi connectivity index (χ1v) is 6.21. The Bertz CT molecular complexity index is 409.